The summed E-state index contributed by atoms with van der Waals surface area (Å²) in [7, 11) is -4.41. The highest BCUT2D eigenvalue weighted by Gasteiger charge is 2.45. The Hall–Kier alpha value is -7.01. The highest BCUT2D eigenvalue weighted by molar-refractivity contribution is 7.51. The molecule has 0 unspecified atom stereocenters. The van der Waals surface area contributed by atoms with E-state index < -0.39 is 91.4 Å². The van der Waals surface area contributed by atoms with Gasteiger partial charge in [-0.1, -0.05) is 16.8 Å². The minimum atomic E-state index is -4.41. The molecule has 5 atom stereocenters. The van der Waals surface area contributed by atoms with Gasteiger partial charge in [0, 0.05) is 74.9 Å². The summed E-state index contributed by atoms with van der Waals surface area (Å²) in [5.41, 5.74) is 1.73. The van der Waals surface area contributed by atoms with Crippen molar-refractivity contribution in [2.45, 2.75) is 114 Å². The Morgan fingerprint density at radius 2 is 0.971 bits per heavy atom. The summed E-state index contributed by atoms with van der Waals surface area (Å²) in [5, 5.41) is 67.8. The van der Waals surface area contributed by atoms with Crippen molar-refractivity contribution in [2.24, 2.45) is 0 Å². The molecule has 4 amide bonds. The molecule has 105 heavy (non-hydrogen) atoms. The molecule has 6 rings (SSSR count). The molecule has 0 spiro atoms. The minimum absolute atomic E-state index is 0.00406. The predicted octanol–water partition coefficient (Wildman–Crippen LogP) is 3.81. The SMILES string of the molecule is O=C(CCOCCOCCOCCN(CCOCCOCCOCCn1cc(CCCCCC(=O)Nc2ccc(O[C@H]3O[C@H](CCP(=O)(O)O)[C@@H](O)[C@H](O)[C@@H]3O)cc2)nn1)CCOCCOCCOCCn1cc(CCCCNC(=O)Nc2ccc(O)cc2)nn1)NCCc1c(F)c(F)c(F)c(F)c1F. The summed E-state index contributed by atoms with van der Waals surface area (Å²) in [6.45, 7) is 8.99. The number of aliphatic hydroxyl groups is 3. The van der Waals surface area contributed by atoms with Gasteiger partial charge in [-0.05, 0) is 99.9 Å². The molecule has 1 aliphatic rings. The molecule has 3 aromatic carbocycles. The number of carbonyl (C=O) groups excluding carboxylic acids is 3. The van der Waals surface area contributed by atoms with Crippen molar-refractivity contribution in [2.75, 3.05) is 168 Å². The van der Waals surface area contributed by atoms with Crippen molar-refractivity contribution >= 4 is 36.8 Å². The smallest absolute Gasteiger partial charge is 0.325 e. The van der Waals surface area contributed by atoms with Gasteiger partial charge in [-0.25, -0.2) is 36.1 Å². The Balaban J connectivity index is 0.759. The molecule has 0 radical (unpaired) electrons. The third kappa shape index (κ3) is 35.5. The number of aryl methyl sites for hydroxylation is 2. The number of aliphatic hydroxyl groups excluding tert-OH is 3. The fourth-order valence-electron chi connectivity index (χ4n) is 10.1. The van der Waals surface area contributed by atoms with Gasteiger partial charge in [0.25, 0.3) is 0 Å². The van der Waals surface area contributed by atoms with Crippen LogP contribution in [0.15, 0.2) is 60.9 Å². The normalized spacial score (nSPS) is 16.1. The van der Waals surface area contributed by atoms with Crippen LogP contribution in [-0.4, -0.2) is 271 Å². The lowest BCUT2D eigenvalue weighted by Crippen LogP contribution is -2.59. The molecule has 10 N–H and O–H groups in total. The van der Waals surface area contributed by atoms with Crippen LogP contribution in [0.3, 0.4) is 0 Å². The number of anilines is 2. The monoisotopic (exact) mass is 1520 g/mol. The molecule has 3 heterocycles. The zero-order valence-electron chi connectivity index (χ0n) is 58.6. The lowest BCUT2D eigenvalue weighted by atomic mass is 9.97. The molecule has 38 heteroatoms. The quantitative estimate of drug-likeness (QED) is 0.00660. The summed E-state index contributed by atoms with van der Waals surface area (Å²) < 4.78 is 145. The van der Waals surface area contributed by atoms with E-state index in [1.165, 1.54) is 24.3 Å². The fourth-order valence-corrected chi connectivity index (χ4v) is 10.7. The molecule has 1 saturated heterocycles. The van der Waals surface area contributed by atoms with Crippen LogP contribution in [0, 0.1) is 29.1 Å². The summed E-state index contributed by atoms with van der Waals surface area (Å²) in [4.78, 5) is 57.4. The van der Waals surface area contributed by atoms with Crippen LogP contribution in [0.4, 0.5) is 38.1 Å². The van der Waals surface area contributed by atoms with Gasteiger partial charge in [0.2, 0.25) is 23.9 Å². The Labute approximate surface area is 604 Å². The van der Waals surface area contributed by atoms with Crippen LogP contribution >= 0.6 is 7.60 Å². The van der Waals surface area contributed by atoms with E-state index in [4.69, 9.17) is 52.1 Å². The second-order valence-corrected chi connectivity index (χ2v) is 25.8. The molecule has 0 saturated carbocycles. The number of unbranched alkanes of at least 4 members (excludes halogenated alkanes) is 3. The van der Waals surface area contributed by atoms with Gasteiger partial charge >= 0.3 is 13.6 Å². The van der Waals surface area contributed by atoms with Gasteiger partial charge in [-0.2, -0.15) is 0 Å². The molecule has 1 fully saturated rings. The first-order chi connectivity index (χ1) is 50.7. The van der Waals surface area contributed by atoms with Crippen LogP contribution in [0.1, 0.15) is 68.3 Å². The first-order valence-corrected chi connectivity index (χ1v) is 36.6. The van der Waals surface area contributed by atoms with Gasteiger partial charge in [0.05, 0.1) is 156 Å². The second-order valence-electron chi connectivity index (χ2n) is 24.0. The van der Waals surface area contributed by atoms with Crippen molar-refractivity contribution in [3.8, 4) is 11.5 Å². The maximum absolute atomic E-state index is 13.9. The average Bonchev–Trinajstić information content (AvgIpc) is 1.14. The molecule has 2 aromatic heterocycles. The van der Waals surface area contributed by atoms with Crippen LogP contribution < -0.4 is 26.0 Å². The number of aromatic hydroxyl groups is 1. The number of phenols is 1. The van der Waals surface area contributed by atoms with Gasteiger partial charge < -0.3 is 104 Å². The van der Waals surface area contributed by atoms with E-state index in [0.29, 0.717) is 162 Å². The van der Waals surface area contributed by atoms with Gasteiger partial charge in [-0.15, -0.1) is 10.2 Å². The summed E-state index contributed by atoms with van der Waals surface area (Å²) in [6.07, 6.45) is 0.131. The Morgan fingerprint density at radius 1 is 0.505 bits per heavy atom. The van der Waals surface area contributed by atoms with Crippen molar-refractivity contribution in [1.82, 2.24) is 45.5 Å². The molecular weight excluding hydrogens is 1420 g/mol. The number of nitrogens with one attached hydrogen (secondary N) is 4. The van der Waals surface area contributed by atoms with E-state index in [1.807, 2.05) is 12.4 Å². The Bertz CT molecular complexity index is 3290. The maximum Gasteiger partial charge on any atom is 0.325 e. The number of amides is 4. The number of carbonyl (C=O) groups is 3. The predicted molar refractivity (Wildman–Crippen MR) is 366 cm³/mol. The third-order valence-corrected chi connectivity index (χ3v) is 16.7. The van der Waals surface area contributed by atoms with E-state index >= 15 is 0 Å². The lowest BCUT2D eigenvalue weighted by molar-refractivity contribution is -0.272. The molecule has 5 aromatic rings. The fraction of sp³-hybridized carbons (Fsp3) is 0.627. The van der Waals surface area contributed by atoms with E-state index in [1.54, 1.807) is 33.6 Å². The Kier molecular flexibility index (Phi) is 41.2. The molecule has 588 valence electrons. The number of hydrogen-bond donors (Lipinski definition) is 10. The number of aromatic nitrogens is 6. The molecule has 32 nitrogen and oxygen atoms in total. The van der Waals surface area contributed by atoms with E-state index in [-0.39, 0.29) is 75.7 Å². The van der Waals surface area contributed by atoms with Crippen LogP contribution in [0.2, 0.25) is 0 Å². The number of rotatable bonds is 57. The zero-order chi connectivity index (χ0) is 75.4. The van der Waals surface area contributed by atoms with Crippen molar-refractivity contribution in [3.05, 3.63) is 107 Å². The number of nitrogens with zero attached hydrogens (tertiary/aromatic N) is 7. The van der Waals surface area contributed by atoms with Crippen molar-refractivity contribution in [3.63, 3.8) is 0 Å². The highest BCUT2D eigenvalue weighted by Crippen LogP contribution is 2.37. The second kappa shape index (κ2) is 49.8. The number of urea groups is 1. The topological polar surface area (TPSA) is 404 Å². The summed E-state index contributed by atoms with van der Waals surface area (Å²) in [6, 6.07) is 12.1. The molecule has 1 aliphatic heterocycles. The van der Waals surface area contributed by atoms with E-state index in [2.05, 4.69) is 46.8 Å². The minimum Gasteiger partial charge on any atom is -0.508 e. The number of halogens is 5. The molecule has 0 aliphatic carbocycles. The average molecular weight is 1520 g/mol. The van der Waals surface area contributed by atoms with Crippen LogP contribution in [0.5, 0.6) is 11.5 Å². The summed E-state index contributed by atoms with van der Waals surface area (Å²) in [5.74, 6) is -10.6. The molecular formula is C67H99F5N11O21P. The first-order valence-electron chi connectivity index (χ1n) is 34.8. The number of hydrogen-bond acceptors (Lipinski definition) is 24. The Morgan fingerprint density at radius 3 is 1.50 bits per heavy atom. The largest absolute Gasteiger partial charge is 0.508 e. The summed E-state index contributed by atoms with van der Waals surface area (Å²) >= 11 is 0. The standard InChI is InChI=1S/C67H99F5N11O21P/c68-58-54(59(69)61(71)62(72)60(58)70)17-21-73-56(85)18-27-94-33-39-100-40-34-95-28-22-81(24-30-97-36-42-102-44-38-99-32-26-83-47-51(78-80-83)7-4-5-20-74-67(90)76-49-9-13-52(84)14-10-49)23-29-96-35-41-101-43-37-98-31-25-82-46-50(77-79-82)6-2-1-3-8-57(86)75-48-11-15-53(16-12-48)103-66-65(89)64(88)63(87)55(104-66)19-45-105(91,92)93/h9-16,46-47,55,63-66,84,87-89H,1-8,17-45H2,(H,73,85)(H,75,86)(H2,74,76,90)(H2,91,92,93)/t55-,63-,64+,65+,66+/m1/s1. The van der Waals surface area contributed by atoms with E-state index in [9.17, 15) is 71.1 Å². The number of phenolic OH excluding ortho intramolecular Hbond substituents is 1. The van der Waals surface area contributed by atoms with E-state index in [0.717, 1.165) is 37.1 Å². The zero-order valence-corrected chi connectivity index (χ0v) is 59.5. The van der Waals surface area contributed by atoms with Crippen LogP contribution in [-0.2, 0) is 93.9 Å². The van der Waals surface area contributed by atoms with Crippen molar-refractivity contribution < 1.29 is 123 Å². The highest BCUT2D eigenvalue weighted by atomic mass is 31.2. The van der Waals surface area contributed by atoms with Crippen molar-refractivity contribution in [1.29, 1.82) is 0 Å². The maximum atomic E-state index is 13.9. The number of benzene rings is 3. The van der Waals surface area contributed by atoms with Gasteiger partial charge in [-0.3, -0.25) is 19.1 Å². The number of ether oxygens (including phenoxy) is 11. The first kappa shape index (κ1) is 86.9. The molecule has 0 bridgehead atoms. The van der Waals surface area contributed by atoms with Gasteiger partial charge in [0.15, 0.2) is 23.3 Å². The third-order valence-electron chi connectivity index (χ3n) is 15.8. The lowest BCUT2D eigenvalue weighted by Gasteiger charge is -2.40. The van der Waals surface area contributed by atoms with Gasteiger partial charge in [0.1, 0.15) is 29.8 Å². The van der Waals surface area contributed by atoms with Crippen LogP contribution in [0.25, 0.3) is 0 Å².